The van der Waals surface area contributed by atoms with Gasteiger partial charge in [0.25, 0.3) is 5.91 Å². The van der Waals surface area contributed by atoms with Crippen LogP contribution in [0.15, 0.2) is 36.7 Å². The molecule has 0 spiro atoms. The third kappa shape index (κ3) is 4.37. The maximum Gasteiger partial charge on any atom is 0.251 e. The van der Waals surface area contributed by atoms with Crippen molar-refractivity contribution < 1.29 is 14.3 Å². The molecule has 7 nitrogen and oxygen atoms in total. The fourth-order valence-electron chi connectivity index (χ4n) is 2.75. The number of rotatable bonds is 6. The number of H-pyrrole nitrogens is 1. The highest BCUT2D eigenvalue weighted by molar-refractivity contribution is 6.31. The van der Waals surface area contributed by atoms with E-state index in [1.165, 1.54) is 0 Å². The molecule has 2 heterocycles. The minimum atomic E-state index is -0.818. The molecule has 2 aromatic rings. The Morgan fingerprint density at radius 2 is 2.24 bits per heavy atom. The molecule has 0 bridgehead atoms. The summed E-state index contributed by atoms with van der Waals surface area (Å²) >= 11 is 6.21. The summed E-state index contributed by atoms with van der Waals surface area (Å²) in [6.07, 6.45) is 4.13. The second-order valence-corrected chi connectivity index (χ2v) is 6.14. The second kappa shape index (κ2) is 8.13. The molecule has 1 aliphatic rings. The summed E-state index contributed by atoms with van der Waals surface area (Å²) in [6.45, 7) is 0.341. The Morgan fingerprint density at radius 3 is 3.00 bits per heavy atom. The third-order valence-electron chi connectivity index (χ3n) is 3.96. The molecule has 1 aliphatic heterocycles. The lowest BCUT2D eigenvalue weighted by molar-refractivity contribution is -0.148. The number of imidazole rings is 1. The van der Waals surface area contributed by atoms with Gasteiger partial charge >= 0.3 is 0 Å². The maximum absolute atomic E-state index is 12.5. The van der Waals surface area contributed by atoms with Gasteiger partial charge in [-0.25, -0.2) is 4.98 Å². The summed E-state index contributed by atoms with van der Waals surface area (Å²) in [5.74, 6) is 0.334. The van der Waals surface area contributed by atoms with E-state index in [1.54, 1.807) is 36.7 Å². The maximum atomic E-state index is 12.5. The third-order valence-corrected chi connectivity index (χ3v) is 4.30. The number of nitrogens with zero attached hydrogens (tertiary/aromatic N) is 1. The molecule has 3 rings (SSSR count). The number of hydrogen-bond acceptors (Lipinski definition) is 4. The zero-order chi connectivity index (χ0) is 17.6. The van der Waals surface area contributed by atoms with Crippen molar-refractivity contribution >= 4 is 23.4 Å². The Hall–Kier alpha value is -2.38. The normalized spacial score (nSPS) is 20.1. The average Bonchev–Trinajstić information content (AvgIpc) is 3.12. The highest BCUT2D eigenvalue weighted by Gasteiger charge is 2.36. The monoisotopic (exact) mass is 362 g/mol. The number of amides is 2. The van der Waals surface area contributed by atoms with Crippen LogP contribution >= 0.6 is 11.6 Å². The number of aromatic amines is 1. The van der Waals surface area contributed by atoms with Crippen LogP contribution in [0.2, 0.25) is 5.02 Å². The van der Waals surface area contributed by atoms with Crippen LogP contribution in [0.3, 0.4) is 0 Å². The van der Waals surface area contributed by atoms with Gasteiger partial charge in [-0.1, -0.05) is 29.8 Å². The Labute approximate surface area is 150 Å². The number of halogens is 1. The molecule has 1 aromatic carbocycles. The minimum Gasteiger partial charge on any atom is -0.356 e. The van der Waals surface area contributed by atoms with E-state index in [4.69, 9.17) is 16.3 Å². The summed E-state index contributed by atoms with van der Waals surface area (Å²) in [5, 5.41) is 6.12. The van der Waals surface area contributed by atoms with Crippen molar-refractivity contribution in [3.8, 4) is 0 Å². The van der Waals surface area contributed by atoms with Gasteiger partial charge in [0.1, 0.15) is 12.4 Å². The summed E-state index contributed by atoms with van der Waals surface area (Å²) < 4.78 is 5.48. The number of carbonyl (C=O) groups is 2. The van der Waals surface area contributed by atoms with Crippen molar-refractivity contribution in [2.75, 3.05) is 13.2 Å². The van der Waals surface area contributed by atoms with E-state index in [9.17, 15) is 9.59 Å². The molecule has 2 atom stereocenters. The van der Waals surface area contributed by atoms with Crippen molar-refractivity contribution in [3.05, 3.63) is 53.1 Å². The minimum absolute atomic E-state index is 0.147. The number of morpholine rings is 1. The summed E-state index contributed by atoms with van der Waals surface area (Å²) in [4.78, 5) is 31.4. The molecular weight excluding hydrogens is 344 g/mol. The molecule has 0 aliphatic carbocycles. The van der Waals surface area contributed by atoms with Gasteiger partial charge in [-0.2, -0.15) is 0 Å². The number of aromatic nitrogens is 2. The number of aryl methyl sites for hydroxylation is 1. The van der Waals surface area contributed by atoms with Gasteiger partial charge in [0.2, 0.25) is 5.91 Å². The predicted molar refractivity (Wildman–Crippen MR) is 92.0 cm³/mol. The van der Waals surface area contributed by atoms with Gasteiger partial charge in [-0.05, 0) is 18.1 Å². The first-order valence-corrected chi connectivity index (χ1v) is 8.44. The van der Waals surface area contributed by atoms with Gasteiger partial charge < -0.3 is 20.4 Å². The van der Waals surface area contributed by atoms with Crippen LogP contribution in [0.5, 0.6) is 0 Å². The lowest BCUT2D eigenvalue weighted by Crippen LogP contribution is -2.52. The molecule has 2 amide bonds. The molecule has 1 aromatic heterocycles. The van der Waals surface area contributed by atoms with E-state index in [0.717, 1.165) is 18.7 Å². The lowest BCUT2D eigenvalue weighted by Gasteiger charge is -2.32. The smallest absolute Gasteiger partial charge is 0.251 e. The second-order valence-electron chi connectivity index (χ2n) is 5.73. The molecule has 0 radical (unpaired) electrons. The van der Waals surface area contributed by atoms with Gasteiger partial charge in [-0.15, -0.1) is 0 Å². The van der Waals surface area contributed by atoms with Crippen LogP contribution in [0.4, 0.5) is 0 Å². The van der Waals surface area contributed by atoms with Crippen LogP contribution in [-0.4, -0.2) is 41.0 Å². The zero-order valence-electron chi connectivity index (χ0n) is 13.5. The number of nitrogens with one attached hydrogen (secondary N) is 3. The van der Waals surface area contributed by atoms with Crippen LogP contribution < -0.4 is 10.6 Å². The van der Waals surface area contributed by atoms with Crippen LogP contribution in [0.25, 0.3) is 0 Å². The average molecular weight is 363 g/mol. The zero-order valence-corrected chi connectivity index (χ0v) is 14.3. The van der Waals surface area contributed by atoms with Gasteiger partial charge in [0, 0.05) is 30.4 Å². The SMILES string of the molecule is O=C1CO[C@H](C(=O)NCCCc2ncc[nH]2)[C@@H](c2ccccc2Cl)N1. The predicted octanol–water partition coefficient (Wildman–Crippen LogP) is 1.37. The van der Waals surface area contributed by atoms with E-state index in [2.05, 4.69) is 20.6 Å². The van der Waals surface area contributed by atoms with Crippen molar-refractivity contribution in [3.63, 3.8) is 0 Å². The van der Waals surface area contributed by atoms with E-state index >= 15 is 0 Å². The summed E-state index contributed by atoms with van der Waals surface area (Å²) in [6, 6.07) is 6.48. The Balaban J connectivity index is 1.60. The Kier molecular flexibility index (Phi) is 5.67. The van der Waals surface area contributed by atoms with Crippen LogP contribution in [-0.2, 0) is 20.7 Å². The molecule has 25 heavy (non-hydrogen) atoms. The van der Waals surface area contributed by atoms with Crippen LogP contribution in [0.1, 0.15) is 23.9 Å². The highest BCUT2D eigenvalue weighted by atomic mass is 35.5. The molecule has 0 saturated carbocycles. The van der Waals surface area contributed by atoms with E-state index in [0.29, 0.717) is 17.1 Å². The fraction of sp³-hybridized carbons (Fsp3) is 0.353. The first kappa shape index (κ1) is 17.4. The fourth-order valence-corrected chi connectivity index (χ4v) is 3.00. The number of benzene rings is 1. The van der Waals surface area contributed by atoms with E-state index in [1.807, 2.05) is 0 Å². The first-order chi connectivity index (χ1) is 12.1. The molecule has 1 saturated heterocycles. The lowest BCUT2D eigenvalue weighted by atomic mass is 9.99. The largest absolute Gasteiger partial charge is 0.356 e. The standard InChI is InChI=1S/C17H19ClN4O3/c18-12-5-2-1-4-11(12)15-16(25-10-14(23)22-15)17(24)21-7-3-6-13-19-8-9-20-13/h1-2,4-5,8-9,15-16H,3,6-7,10H2,(H,19,20)(H,21,24)(H,22,23)/t15-,16+/m1/s1. The molecule has 8 heteroatoms. The number of hydrogen-bond donors (Lipinski definition) is 3. The molecule has 132 valence electrons. The number of carbonyl (C=O) groups excluding carboxylic acids is 2. The molecular formula is C17H19ClN4O3. The quantitative estimate of drug-likeness (QED) is 0.676. The van der Waals surface area contributed by atoms with Crippen molar-refractivity contribution in [1.82, 2.24) is 20.6 Å². The molecule has 0 unspecified atom stereocenters. The van der Waals surface area contributed by atoms with Crippen LogP contribution in [0, 0.1) is 0 Å². The molecule has 3 N–H and O–H groups in total. The summed E-state index contributed by atoms with van der Waals surface area (Å²) in [7, 11) is 0. The van der Waals surface area contributed by atoms with Crippen molar-refractivity contribution in [2.24, 2.45) is 0 Å². The van der Waals surface area contributed by atoms with Crippen molar-refractivity contribution in [2.45, 2.75) is 25.0 Å². The Morgan fingerprint density at radius 1 is 1.40 bits per heavy atom. The topological polar surface area (TPSA) is 96.1 Å². The first-order valence-electron chi connectivity index (χ1n) is 8.06. The van der Waals surface area contributed by atoms with Gasteiger partial charge in [-0.3, -0.25) is 9.59 Å². The van der Waals surface area contributed by atoms with Gasteiger partial charge in [0.05, 0.1) is 6.04 Å². The van der Waals surface area contributed by atoms with E-state index in [-0.39, 0.29) is 18.4 Å². The molecule has 1 fully saturated rings. The summed E-state index contributed by atoms with van der Waals surface area (Å²) in [5.41, 5.74) is 0.660. The number of ether oxygens (including phenoxy) is 1. The van der Waals surface area contributed by atoms with Crippen molar-refractivity contribution in [1.29, 1.82) is 0 Å². The van der Waals surface area contributed by atoms with E-state index < -0.39 is 12.1 Å². The Bertz CT molecular complexity index is 735. The van der Waals surface area contributed by atoms with Gasteiger partial charge in [0.15, 0.2) is 6.10 Å². The highest BCUT2D eigenvalue weighted by Crippen LogP contribution is 2.28.